The summed E-state index contributed by atoms with van der Waals surface area (Å²) in [6.07, 6.45) is 5.44. The number of benzene rings is 2. The van der Waals surface area contributed by atoms with Crippen molar-refractivity contribution in [1.29, 1.82) is 0 Å². The van der Waals surface area contributed by atoms with Crippen molar-refractivity contribution in [3.8, 4) is 5.75 Å². The van der Waals surface area contributed by atoms with Crippen LogP contribution >= 0.6 is 0 Å². The Morgan fingerprint density at radius 2 is 1.80 bits per heavy atom. The largest absolute Gasteiger partial charge is 0.497 e. The summed E-state index contributed by atoms with van der Waals surface area (Å²) in [5.74, 6) is -2.53. The normalized spacial score (nSPS) is 24.4. The molecule has 3 amide bonds. The van der Waals surface area contributed by atoms with Gasteiger partial charge in [-0.2, -0.15) is 0 Å². The van der Waals surface area contributed by atoms with Crippen molar-refractivity contribution < 1.29 is 38.5 Å². The third kappa shape index (κ3) is 7.46. The summed E-state index contributed by atoms with van der Waals surface area (Å²) < 4.78 is 18.3. The van der Waals surface area contributed by atoms with E-state index in [9.17, 15) is 24.3 Å². The number of carbonyl (C=O) groups excluding carboxylic acids is 4. The first-order chi connectivity index (χ1) is 24.6. The number of unbranched alkanes of at least 4 members (excludes halogenated alkanes) is 2. The zero-order valence-corrected chi connectivity index (χ0v) is 29.9. The van der Waals surface area contributed by atoms with Gasteiger partial charge in [-0.05, 0) is 75.3 Å². The molecule has 51 heavy (non-hydrogen) atoms. The number of likely N-dealkylation sites (tertiary alicyclic amines) is 1. The number of aliphatic hydroxyl groups is 1. The van der Waals surface area contributed by atoms with Gasteiger partial charge in [-0.15, -0.1) is 13.2 Å². The summed E-state index contributed by atoms with van der Waals surface area (Å²) in [7, 11) is 3.26. The number of ether oxygens (including phenoxy) is 3. The highest BCUT2D eigenvalue weighted by Gasteiger charge is 2.75. The van der Waals surface area contributed by atoms with Gasteiger partial charge in [0.1, 0.15) is 23.5 Å². The molecule has 0 radical (unpaired) electrons. The Balaban J connectivity index is 1.48. The van der Waals surface area contributed by atoms with Gasteiger partial charge in [0.25, 0.3) is 5.91 Å². The Bertz CT molecular complexity index is 1570. The number of carbonyl (C=O) groups is 4. The van der Waals surface area contributed by atoms with Crippen LogP contribution in [0.25, 0.3) is 0 Å². The van der Waals surface area contributed by atoms with E-state index in [0.29, 0.717) is 50.0 Å². The predicted molar refractivity (Wildman–Crippen MR) is 193 cm³/mol. The summed E-state index contributed by atoms with van der Waals surface area (Å²) >= 11 is 0. The number of anilines is 1. The zero-order chi connectivity index (χ0) is 36.7. The smallest absolute Gasteiger partial charge is 0.313 e. The molecule has 7 atom stereocenters. The number of allylic oxidation sites excluding steroid dienone is 1. The van der Waals surface area contributed by atoms with Crippen molar-refractivity contribution in [3.05, 3.63) is 85.5 Å². The summed E-state index contributed by atoms with van der Waals surface area (Å²) in [4.78, 5) is 61.6. The van der Waals surface area contributed by atoms with Crippen LogP contribution in [0.15, 0.2) is 79.9 Å². The number of hydrogen-bond acceptors (Lipinski definition) is 8. The third-order valence-corrected chi connectivity index (χ3v) is 10.7. The molecule has 3 saturated heterocycles. The number of nitrogens with zero attached hydrogens (tertiary/aromatic N) is 3. The Labute approximate surface area is 300 Å². The first-order valence-electron chi connectivity index (χ1n) is 17.9. The Morgan fingerprint density at radius 3 is 2.45 bits per heavy atom. The number of methoxy groups -OCH3 is 1. The highest BCUT2D eigenvalue weighted by Crippen LogP contribution is 2.59. The van der Waals surface area contributed by atoms with E-state index >= 15 is 0 Å². The lowest BCUT2D eigenvalue weighted by Crippen LogP contribution is -2.56. The summed E-state index contributed by atoms with van der Waals surface area (Å²) in [6, 6.07) is 14.9. The van der Waals surface area contributed by atoms with Gasteiger partial charge in [-0.25, -0.2) is 0 Å². The van der Waals surface area contributed by atoms with Crippen molar-refractivity contribution in [2.75, 3.05) is 38.8 Å². The number of fused-ring (bicyclic) bond motifs is 1. The van der Waals surface area contributed by atoms with Gasteiger partial charge in [0, 0.05) is 38.9 Å². The Hall–Kier alpha value is -4.48. The number of hydrogen-bond donors (Lipinski definition) is 1. The topological polar surface area (TPSA) is 126 Å². The summed E-state index contributed by atoms with van der Waals surface area (Å²) in [6.45, 7) is 9.93. The summed E-state index contributed by atoms with van der Waals surface area (Å²) in [5.41, 5.74) is 0.107. The molecule has 1 spiro atoms. The molecule has 3 heterocycles. The van der Waals surface area contributed by atoms with Crippen molar-refractivity contribution in [3.63, 3.8) is 0 Å². The van der Waals surface area contributed by atoms with Crippen molar-refractivity contribution >= 4 is 29.4 Å². The quantitative estimate of drug-likeness (QED) is 0.133. The molecule has 1 N–H and O–H groups in total. The van der Waals surface area contributed by atoms with Crippen LogP contribution in [-0.4, -0.2) is 96.2 Å². The van der Waals surface area contributed by atoms with Gasteiger partial charge < -0.3 is 34.0 Å². The zero-order valence-electron chi connectivity index (χ0n) is 29.9. The van der Waals surface area contributed by atoms with Gasteiger partial charge in [0.2, 0.25) is 11.8 Å². The number of aliphatic hydroxyl groups excluding tert-OH is 1. The second kappa shape index (κ2) is 16.7. The molecule has 5 rings (SSSR count). The van der Waals surface area contributed by atoms with E-state index < -0.39 is 47.7 Å². The molecular formula is C40H51N3O8. The number of amides is 3. The van der Waals surface area contributed by atoms with Crippen LogP contribution in [0.2, 0.25) is 0 Å². The molecule has 3 fully saturated rings. The van der Waals surface area contributed by atoms with Crippen LogP contribution in [0.3, 0.4) is 0 Å². The molecule has 3 aliphatic rings. The molecule has 0 unspecified atom stereocenters. The van der Waals surface area contributed by atoms with Gasteiger partial charge >= 0.3 is 5.97 Å². The lowest BCUT2D eigenvalue weighted by Gasteiger charge is -2.37. The third-order valence-electron chi connectivity index (χ3n) is 10.7. The van der Waals surface area contributed by atoms with Gasteiger partial charge in [0.05, 0.1) is 31.1 Å². The van der Waals surface area contributed by atoms with E-state index in [2.05, 4.69) is 13.2 Å². The van der Waals surface area contributed by atoms with Gasteiger partial charge in [0.15, 0.2) is 0 Å². The Kier molecular flexibility index (Phi) is 12.4. The van der Waals surface area contributed by atoms with Crippen LogP contribution in [0.5, 0.6) is 5.75 Å². The number of likely N-dealkylation sites (N-methyl/N-ethyl adjacent to an activating group) is 1. The maximum atomic E-state index is 14.8. The highest BCUT2D eigenvalue weighted by atomic mass is 16.6. The fraction of sp³-hybridized carbons (Fsp3) is 0.500. The minimum Gasteiger partial charge on any atom is -0.497 e. The fourth-order valence-electron chi connectivity index (χ4n) is 8.00. The van der Waals surface area contributed by atoms with E-state index in [4.69, 9.17) is 14.2 Å². The van der Waals surface area contributed by atoms with Gasteiger partial charge in [-0.1, -0.05) is 42.5 Å². The van der Waals surface area contributed by atoms with Gasteiger partial charge in [-0.3, -0.25) is 19.2 Å². The molecule has 3 aliphatic heterocycles. The molecule has 2 aromatic carbocycles. The number of esters is 1. The first kappa shape index (κ1) is 37.8. The van der Waals surface area contributed by atoms with Crippen LogP contribution in [-0.2, 0) is 28.7 Å². The molecule has 274 valence electrons. The summed E-state index contributed by atoms with van der Waals surface area (Å²) in [5, 5.41) is 9.40. The standard InChI is InChI=1S/C40H51N3O8/c1-6-8-17-32(45)41(4)27(3)35(28-15-11-9-12-16-28)50-39(48)33-31-22-23-40(51-31)34(33)37(46)43(25-13-10-14-26-44)36(40)38(47)42(24-7-2)29-18-20-30(49-5)21-19-29/h6-7,9,11-12,15-16,18-21,27,31,33-36,44H,1-2,8,10,13-14,17,22-26H2,3-5H3/t27-,31-,33+,34+,35+,36-,40+/m1/s1. The molecule has 2 bridgehead atoms. The second-order valence-electron chi connectivity index (χ2n) is 13.6. The van der Waals surface area contributed by atoms with E-state index in [1.807, 2.05) is 37.3 Å². The lowest BCUT2D eigenvalue weighted by molar-refractivity contribution is -0.164. The average molecular weight is 702 g/mol. The molecule has 11 nitrogen and oxygen atoms in total. The first-order valence-corrected chi connectivity index (χ1v) is 17.9. The van der Waals surface area contributed by atoms with Crippen LogP contribution in [0.1, 0.15) is 63.5 Å². The van der Waals surface area contributed by atoms with Crippen LogP contribution in [0.4, 0.5) is 5.69 Å². The van der Waals surface area contributed by atoms with E-state index in [1.165, 1.54) is 0 Å². The molecule has 11 heteroatoms. The maximum absolute atomic E-state index is 14.8. The maximum Gasteiger partial charge on any atom is 0.313 e. The van der Waals surface area contributed by atoms with Crippen molar-refractivity contribution in [2.45, 2.75) is 81.8 Å². The molecule has 0 aliphatic carbocycles. The molecular weight excluding hydrogens is 650 g/mol. The average Bonchev–Trinajstić information content (AvgIpc) is 3.80. The fourth-order valence-corrected chi connectivity index (χ4v) is 8.00. The minimum atomic E-state index is -1.23. The lowest BCUT2D eigenvalue weighted by atomic mass is 9.70. The predicted octanol–water partition coefficient (Wildman–Crippen LogP) is 4.85. The minimum absolute atomic E-state index is 0.0300. The van der Waals surface area contributed by atoms with Crippen molar-refractivity contribution in [1.82, 2.24) is 9.80 Å². The van der Waals surface area contributed by atoms with E-state index in [0.717, 1.165) is 5.56 Å². The second-order valence-corrected chi connectivity index (χ2v) is 13.6. The van der Waals surface area contributed by atoms with E-state index in [1.54, 1.807) is 65.3 Å². The van der Waals surface area contributed by atoms with Crippen molar-refractivity contribution in [2.24, 2.45) is 11.8 Å². The molecule has 2 aromatic rings. The molecule has 0 saturated carbocycles. The number of rotatable bonds is 18. The Morgan fingerprint density at radius 1 is 1.08 bits per heavy atom. The SMILES string of the molecule is C=CCCC(=O)N(C)[C@H](C)[C@H](OC(=O)[C@@H]1[C@H]2C(=O)N(CCCCCO)[C@H](C(=O)N(CC=C)c3ccc(OC)cc3)[C@]23CC[C@H]1O3)c1ccccc1. The van der Waals surface area contributed by atoms with Crippen LogP contribution < -0.4 is 9.64 Å². The monoisotopic (exact) mass is 701 g/mol. The highest BCUT2D eigenvalue weighted by molar-refractivity contribution is 6.04. The molecule has 0 aromatic heterocycles. The van der Waals surface area contributed by atoms with Crippen LogP contribution in [0, 0.1) is 11.8 Å². The van der Waals surface area contributed by atoms with E-state index in [-0.39, 0.29) is 43.8 Å².